The molecule has 2 aromatic carbocycles. The van der Waals surface area contributed by atoms with Gasteiger partial charge in [0.2, 0.25) is 15.9 Å². The molecule has 0 aliphatic heterocycles. The zero-order valence-corrected chi connectivity index (χ0v) is 24.6. The van der Waals surface area contributed by atoms with Crippen molar-refractivity contribution in [2.45, 2.75) is 56.8 Å². The molecule has 2 saturated carbocycles. The van der Waals surface area contributed by atoms with Crippen molar-refractivity contribution in [2.24, 2.45) is 17.0 Å². The zero-order chi connectivity index (χ0) is 30.1. The third kappa shape index (κ3) is 6.43. The normalized spacial score (nSPS) is 15.0. The average Bonchev–Trinajstić information content (AvgIpc) is 3.50. The summed E-state index contributed by atoms with van der Waals surface area (Å²) in [5.74, 6) is 6.42. The number of halogens is 1. The summed E-state index contributed by atoms with van der Waals surface area (Å²) in [6.07, 6.45) is 9.93. The summed E-state index contributed by atoms with van der Waals surface area (Å²) < 4.78 is 51.5. The monoisotopic (exact) mass is 601 g/mol. The highest BCUT2D eigenvalue weighted by Gasteiger charge is 2.29. The van der Waals surface area contributed by atoms with Crippen molar-refractivity contribution in [2.75, 3.05) is 6.61 Å². The lowest BCUT2D eigenvalue weighted by Crippen LogP contribution is -2.14. The molecule has 43 heavy (non-hydrogen) atoms. The summed E-state index contributed by atoms with van der Waals surface area (Å²) in [6, 6.07) is 11.9. The molecule has 0 bridgehead atoms. The van der Waals surface area contributed by atoms with Crippen molar-refractivity contribution in [3.8, 4) is 29.0 Å². The van der Waals surface area contributed by atoms with Crippen molar-refractivity contribution in [3.05, 3.63) is 88.8 Å². The van der Waals surface area contributed by atoms with Gasteiger partial charge in [0.25, 0.3) is 0 Å². The van der Waals surface area contributed by atoms with Crippen molar-refractivity contribution in [3.63, 3.8) is 0 Å². The lowest BCUT2D eigenvalue weighted by Gasteiger charge is -2.18. The van der Waals surface area contributed by atoms with Gasteiger partial charge < -0.3 is 13.7 Å². The highest BCUT2D eigenvalue weighted by molar-refractivity contribution is 7.89. The van der Waals surface area contributed by atoms with Gasteiger partial charge in [-0.3, -0.25) is 0 Å². The van der Waals surface area contributed by atoms with Gasteiger partial charge in [-0.25, -0.2) is 27.7 Å². The quantitative estimate of drug-likeness (QED) is 0.192. The number of nitrogens with zero attached hydrogens (tertiary/aromatic N) is 2. The lowest BCUT2D eigenvalue weighted by atomic mass is 9.86. The van der Waals surface area contributed by atoms with Gasteiger partial charge in [-0.05, 0) is 86.4 Å². The van der Waals surface area contributed by atoms with Crippen LogP contribution in [0.4, 0.5) is 4.39 Å². The summed E-state index contributed by atoms with van der Waals surface area (Å²) in [6.45, 7) is 1.94. The number of carbonyl (C=O) groups is 1. The molecule has 222 valence electrons. The van der Waals surface area contributed by atoms with E-state index in [1.165, 1.54) is 24.8 Å². The first-order chi connectivity index (χ1) is 20.7. The number of nitrogens with two attached hydrogens (primary N) is 1. The number of sulfonamides is 1. The Hall–Kier alpha value is -4.20. The molecule has 0 radical (unpaired) electrons. The first-order valence-electron chi connectivity index (χ1n) is 14.5. The van der Waals surface area contributed by atoms with Gasteiger partial charge in [-0.15, -0.1) is 0 Å². The number of ether oxygens (including phenoxy) is 1. The fourth-order valence-electron chi connectivity index (χ4n) is 5.28. The van der Waals surface area contributed by atoms with Gasteiger partial charge in [0.1, 0.15) is 17.0 Å². The van der Waals surface area contributed by atoms with Gasteiger partial charge in [-0.1, -0.05) is 30.4 Å². The van der Waals surface area contributed by atoms with Crippen LogP contribution in [-0.4, -0.2) is 30.5 Å². The minimum atomic E-state index is -4.20. The topological polar surface area (TPSA) is 117 Å². The van der Waals surface area contributed by atoms with E-state index in [9.17, 15) is 17.6 Å². The molecular weight excluding hydrogens is 569 g/mol. The Morgan fingerprint density at radius 3 is 2.67 bits per heavy atom. The second-order valence-electron chi connectivity index (χ2n) is 11.2. The van der Waals surface area contributed by atoms with E-state index in [1.807, 2.05) is 35.0 Å². The summed E-state index contributed by atoms with van der Waals surface area (Å²) >= 11 is 0. The molecule has 10 heteroatoms. The number of oxazole rings is 1. The van der Waals surface area contributed by atoms with E-state index in [1.54, 1.807) is 13.0 Å². The van der Waals surface area contributed by atoms with Crippen LogP contribution in [0.2, 0.25) is 0 Å². The molecule has 6 rings (SSSR count). The standard InChI is InChI=1S/C33H32FN3O5S/c1-2-41-33(38)29-20-42-32(36-29)27-19-37(25-8-4-7-22(15-25)10-9-21-5-3-6-21)30(26(27)16-23-11-12-23)18-24-13-14-31(28(34)17-24)43(35,39)40/h4,7-8,13-15,17,19-21,23H,2-3,5-6,11-12,16,18H2,1H3,(H2,35,39,40). The summed E-state index contributed by atoms with van der Waals surface area (Å²) in [7, 11) is -4.20. The Morgan fingerprint density at radius 1 is 1.19 bits per heavy atom. The Kier molecular flexibility index (Phi) is 7.95. The maximum absolute atomic E-state index is 14.9. The minimum absolute atomic E-state index is 0.0810. The first-order valence-corrected chi connectivity index (χ1v) is 16.0. The number of hydrogen-bond donors (Lipinski definition) is 1. The highest BCUT2D eigenvalue weighted by Crippen LogP contribution is 2.40. The van der Waals surface area contributed by atoms with Crippen molar-refractivity contribution in [1.29, 1.82) is 0 Å². The van der Waals surface area contributed by atoms with Crippen LogP contribution in [0.3, 0.4) is 0 Å². The maximum Gasteiger partial charge on any atom is 0.360 e. The molecule has 2 fully saturated rings. The third-order valence-corrected chi connectivity index (χ3v) is 8.90. The number of primary sulfonamides is 1. The van der Waals surface area contributed by atoms with Gasteiger partial charge in [0, 0.05) is 35.5 Å². The molecule has 8 nitrogen and oxygen atoms in total. The third-order valence-electron chi connectivity index (χ3n) is 7.96. The van der Waals surface area contributed by atoms with E-state index in [2.05, 4.69) is 16.8 Å². The van der Waals surface area contributed by atoms with Crippen LogP contribution in [0, 0.1) is 29.5 Å². The van der Waals surface area contributed by atoms with E-state index in [-0.39, 0.29) is 18.2 Å². The molecule has 2 N–H and O–H groups in total. The molecule has 0 saturated heterocycles. The Bertz CT molecular complexity index is 1860. The number of rotatable bonds is 9. The number of hydrogen-bond acceptors (Lipinski definition) is 6. The Morgan fingerprint density at radius 2 is 2.00 bits per heavy atom. The molecule has 0 atom stereocenters. The SMILES string of the molecule is CCOC(=O)c1coc(-c2cn(-c3cccc(C#CC4CCC4)c3)c(Cc3ccc(S(N)(=O)=O)c(F)c3)c2CC2CC2)n1. The van der Waals surface area contributed by atoms with Gasteiger partial charge >= 0.3 is 5.97 Å². The molecule has 2 heterocycles. The van der Waals surface area contributed by atoms with Gasteiger partial charge in [0.05, 0.1) is 12.2 Å². The largest absolute Gasteiger partial charge is 0.461 e. The first kappa shape index (κ1) is 28.9. The molecule has 2 aromatic heterocycles. The summed E-state index contributed by atoms with van der Waals surface area (Å²) in [4.78, 5) is 16.3. The molecule has 0 unspecified atom stereocenters. The Labute approximate surface area is 250 Å². The smallest absolute Gasteiger partial charge is 0.360 e. The van der Waals surface area contributed by atoms with Gasteiger partial charge in [-0.2, -0.15) is 0 Å². The molecule has 2 aliphatic carbocycles. The minimum Gasteiger partial charge on any atom is -0.461 e. The second-order valence-corrected chi connectivity index (χ2v) is 12.7. The number of carbonyl (C=O) groups excluding carboxylic acids is 1. The molecular formula is C33H32FN3O5S. The van der Waals surface area contributed by atoms with Crippen LogP contribution >= 0.6 is 0 Å². The number of benzene rings is 2. The van der Waals surface area contributed by atoms with Crippen molar-refractivity contribution in [1.82, 2.24) is 9.55 Å². The van der Waals surface area contributed by atoms with Crippen LogP contribution < -0.4 is 5.14 Å². The lowest BCUT2D eigenvalue weighted by molar-refractivity contribution is 0.0519. The van der Waals surface area contributed by atoms with E-state index >= 15 is 0 Å². The zero-order valence-electron chi connectivity index (χ0n) is 23.8. The van der Waals surface area contributed by atoms with Crippen molar-refractivity contribution < 1.29 is 26.8 Å². The predicted molar refractivity (Wildman–Crippen MR) is 158 cm³/mol. The van der Waals surface area contributed by atoms with Crippen LogP contribution in [0.25, 0.3) is 17.1 Å². The molecule has 4 aromatic rings. The van der Waals surface area contributed by atoms with Crippen molar-refractivity contribution >= 4 is 16.0 Å². The average molecular weight is 602 g/mol. The second kappa shape index (κ2) is 11.8. The molecule has 0 spiro atoms. The van der Waals surface area contributed by atoms with Crippen LogP contribution in [-0.2, 0) is 27.6 Å². The molecule has 2 aliphatic rings. The predicted octanol–water partition coefficient (Wildman–Crippen LogP) is 5.79. The van der Waals surface area contributed by atoms with E-state index in [0.29, 0.717) is 23.8 Å². The summed E-state index contributed by atoms with van der Waals surface area (Å²) in [5, 5.41) is 5.19. The van der Waals surface area contributed by atoms with E-state index in [4.69, 9.17) is 14.3 Å². The highest BCUT2D eigenvalue weighted by atomic mass is 32.2. The maximum atomic E-state index is 14.9. The van der Waals surface area contributed by atoms with Crippen LogP contribution in [0.1, 0.15) is 71.9 Å². The molecule has 0 amide bonds. The van der Waals surface area contributed by atoms with Gasteiger partial charge in [0.15, 0.2) is 5.69 Å². The summed E-state index contributed by atoms with van der Waals surface area (Å²) in [5.41, 5.74) is 4.98. The van der Waals surface area contributed by atoms with Crippen LogP contribution in [0.5, 0.6) is 0 Å². The van der Waals surface area contributed by atoms with E-state index < -0.39 is 26.7 Å². The fraction of sp³-hybridized carbons (Fsp3) is 0.333. The number of aromatic nitrogens is 2. The van der Waals surface area contributed by atoms with Crippen LogP contribution in [0.15, 0.2) is 64.2 Å². The Balaban J connectivity index is 1.47. The fourth-order valence-corrected chi connectivity index (χ4v) is 5.87. The van der Waals surface area contributed by atoms with E-state index in [0.717, 1.165) is 60.2 Å². The number of esters is 1.